The van der Waals surface area contributed by atoms with Crippen LogP contribution in [0, 0.1) is 11.3 Å². The molecular formula is C27H20F2N4O3. The molecule has 1 aliphatic heterocycles. The van der Waals surface area contributed by atoms with Crippen LogP contribution in [-0.2, 0) is 4.79 Å². The number of carbonyl (C=O) groups is 2. The molecule has 0 bridgehead atoms. The van der Waals surface area contributed by atoms with E-state index in [1.165, 1.54) is 12.3 Å². The van der Waals surface area contributed by atoms with Crippen molar-refractivity contribution in [2.45, 2.75) is 18.4 Å². The van der Waals surface area contributed by atoms with Gasteiger partial charge in [0, 0.05) is 23.4 Å². The van der Waals surface area contributed by atoms with Crippen molar-refractivity contribution in [2.75, 3.05) is 13.1 Å². The summed E-state index contributed by atoms with van der Waals surface area (Å²) < 4.78 is 32.7. The predicted octanol–water partition coefficient (Wildman–Crippen LogP) is 4.64. The number of rotatable bonds is 5. The maximum atomic E-state index is 13.6. The summed E-state index contributed by atoms with van der Waals surface area (Å²) >= 11 is 0. The zero-order valence-corrected chi connectivity index (χ0v) is 18.9. The number of carbonyl (C=O) groups excluding carboxylic acids is 2. The molecular weight excluding hydrogens is 466 g/mol. The first-order valence-corrected chi connectivity index (χ1v) is 11.2. The summed E-state index contributed by atoms with van der Waals surface area (Å²) in [6.45, 7) is -1.33. The Balaban J connectivity index is 1.33. The van der Waals surface area contributed by atoms with E-state index < -0.39 is 43.3 Å². The number of nitrogens with zero attached hydrogens (tertiary/aromatic N) is 3. The van der Waals surface area contributed by atoms with Crippen LogP contribution in [0.4, 0.5) is 8.78 Å². The van der Waals surface area contributed by atoms with Gasteiger partial charge in [-0.2, -0.15) is 5.26 Å². The Labute approximate surface area is 204 Å². The molecule has 3 heterocycles. The van der Waals surface area contributed by atoms with Crippen molar-refractivity contribution in [1.29, 1.82) is 5.26 Å². The number of aromatic nitrogens is 1. The fourth-order valence-corrected chi connectivity index (χ4v) is 4.28. The number of halogens is 2. The van der Waals surface area contributed by atoms with Crippen LogP contribution < -0.4 is 5.32 Å². The van der Waals surface area contributed by atoms with Crippen molar-refractivity contribution in [1.82, 2.24) is 15.2 Å². The fourth-order valence-electron chi connectivity index (χ4n) is 4.28. The van der Waals surface area contributed by atoms with Gasteiger partial charge in [0.25, 0.3) is 11.8 Å². The van der Waals surface area contributed by atoms with Crippen molar-refractivity contribution in [3.8, 4) is 6.07 Å². The summed E-state index contributed by atoms with van der Waals surface area (Å²) in [4.78, 5) is 30.4. The van der Waals surface area contributed by atoms with Gasteiger partial charge in [0.1, 0.15) is 11.6 Å². The lowest BCUT2D eigenvalue weighted by atomic mass is 10.0. The minimum atomic E-state index is -3.12. The van der Waals surface area contributed by atoms with Gasteiger partial charge in [0.05, 0.1) is 36.5 Å². The number of nitriles is 1. The van der Waals surface area contributed by atoms with E-state index in [0.29, 0.717) is 16.5 Å². The van der Waals surface area contributed by atoms with E-state index in [4.69, 9.17) is 9.68 Å². The molecule has 2 aromatic carbocycles. The summed E-state index contributed by atoms with van der Waals surface area (Å²) in [5, 5.41) is 13.2. The summed E-state index contributed by atoms with van der Waals surface area (Å²) in [5.41, 5.74) is 3.45. The van der Waals surface area contributed by atoms with Gasteiger partial charge in [0.2, 0.25) is 5.91 Å². The zero-order valence-electron chi connectivity index (χ0n) is 18.9. The first kappa shape index (κ1) is 23.2. The molecule has 7 nitrogen and oxygen atoms in total. The Morgan fingerprint density at radius 2 is 1.94 bits per heavy atom. The molecule has 0 saturated carbocycles. The van der Waals surface area contributed by atoms with Crippen LogP contribution in [0.25, 0.3) is 34.0 Å². The number of nitrogens with one attached hydrogen (secondary N) is 1. The van der Waals surface area contributed by atoms with Crippen LogP contribution >= 0.6 is 0 Å². The maximum absolute atomic E-state index is 13.6. The normalized spacial score (nSPS) is 17.0. The van der Waals surface area contributed by atoms with Gasteiger partial charge in [-0.3, -0.25) is 14.6 Å². The fraction of sp³-hybridized carbons (Fsp3) is 0.185. The molecule has 2 aromatic heterocycles. The Morgan fingerprint density at radius 1 is 1.17 bits per heavy atom. The van der Waals surface area contributed by atoms with E-state index in [0.717, 1.165) is 27.0 Å². The average molecular weight is 486 g/mol. The second-order valence-corrected chi connectivity index (χ2v) is 8.60. The highest BCUT2D eigenvalue weighted by Crippen LogP contribution is 2.31. The summed E-state index contributed by atoms with van der Waals surface area (Å²) in [7, 11) is 0. The van der Waals surface area contributed by atoms with E-state index in [1.54, 1.807) is 18.4 Å². The standard InChI is InChI=1S/C27H20F2N4O3/c28-27(29)13-20(14-30)33(16-27)25(34)15-32-26(35)21-7-9-31-23-6-4-17(11-22(21)23)1-2-18-3-5-19-8-10-36-24(19)12-18/h1-12,20H,13,15-16H2,(H,32,35)/b2-1+/t20-/m0/s1. The molecule has 0 spiro atoms. The van der Waals surface area contributed by atoms with Gasteiger partial charge in [-0.25, -0.2) is 8.78 Å². The Kier molecular flexibility index (Phi) is 5.94. The van der Waals surface area contributed by atoms with Gasteiger partial charge in [-0.1, -0.05) is 30.4 Å². The van der Waals surface area contributed by atoms with Crippen molar-refractivity contribution >= 4 is 45.8 Å². The van der Waals surface area contributed by atoms with Gasteiger partial charge in [0.15, 0.2) is 0 Å². The third kappa shape index (κ3) is 4.66. The minimum Gasteiger partial charge on any atom is -0.464 e. The van der Waals surface area contributed by atoms with Crippen LogP contribution in [0.5, 0.6) is 0 Å². The van der Waals surface area contributed by atoms with Crippen molar-refractivity contribution < 1.29 is 22.8 Å². The molecule has 0 radical (unpaired) electrons. The van der Waals surface area contributed by atoms with E-state index in [-0.39, 0.29) is 0 Å². The van der Waals surface area contributed by atoms with Crippen molar-refractivity contribution in [3.63, 3.8) is 0 Å². The Hall–Kier alpha value is -4.58. The molecule has 2 amide bonds. The van der Waals surface area contributed by atoms with Crippen molar-refractivity contribution in [2.24, 2.45) is 0 Å². The first-order valence-electron chi connectivity index (χ1n) is 11.2. The van der Waals surface area contributed by atoms with Gasteiger partial charge >= 0.3 is 0 Å². The number of hydrogen-bond acceptors (Lipinski definition) is 5. The summed E-state index contributed by atoms with van der Waals surface area (Å²) in [5.74, 6) is -4.39. The van der Waals surface area contributed by atoms with E-state index in [2.05, 4.69) is 10.3 Å². The lowest BCUT2D eigenvalue weighted by Gasteiger charge is -2.19. The topological polar surface area (TPSA) is 99.2 Å². The highest BCUT2D eigenvalue weighted by atomic mass is 19.3. The van der Waals surface area contributed by atoms with Crippen LogP contribution in [0.3, 0.4) is 0 Å². The summed E-state index contributed by atoms with van der Waals surface area (Å²) in [6, 6.07) is 15.3. The Morgan fingerprint density at radius 3 is 2.75 bits per heavy atom. The number of alkyl halides is 2. The maximum Gasteiger partial charge on any atom is 0.268 e. The highest BCUT2D eigenvalue weighted by Gasteiger charge is 2.47. The minimum absolute atomic E-state index is 0.295. The molecule has 4 aromatic rings. The van der Waals surface area contributed by atoms with Crippen molar-refractivity contribution in [3.05, 3.63) is 77.7 Å². The Bertz CT molecular complexity index is 1550. The molecule has 36 heavy (non-hydrogen) atoms. The second kappa shape index (κ2) is 9.23. The van der Waals surface area contributed by atoms with Gasteiger partial charge < -0.3 is 14.6 Å². The third-order valence-electron chi connectivity index (χ3n) is 6.10. The van der Waals surface area contributed by atoms with Crippen LogP contribution in [-0.4, -0.2) is 46.8 Å². The third-order valence-corrected chi connectivity index (χ3v) is 6.10. The van der Waals surface area contributed by atoms with Crippen LogP contribution in [0.1, 0.15) is 27.9 Å². The molecule has 1 fully saturated rings. The lowest BCUT2D eigenvalue weighted by Crippen LogP contribution is -2.43. The van der Waals surface area contributed by atoms with E-state index in [1.807, 2.05) is 48.6 Å². The number of likely N-dealkylation sites (tertiary alicyclic amines) is 1. The monoisotopic (exact) mass is 486 g/mol. The number of amides is 2. The molecule has 1 aliphatic rings. The van der Waals surface area contributed by atoms with E-state index >= 15 is 0 Å². The number of furan rings is 1. The first-order chi connectivity index (χ1) is 17.3. The average Bonchev–Trinajstić information content (AvgIpc) is 3.48. The smallest absolute Gasteiger partial charge is 0.268 e. The summed E-state index contributed by atoms with van der Waals surface area (Å²) in [6.07, 6.45) is 6.24. The molecule has 0 unspecified atom stereocenters. The highest BCUT2D eigenvalue weighted by molar-refractivity contribution is 6.07. The van der Waals surface area contributed by atoms with Gasteiger partial charge in [-0.15, -0.1) is 0 Å². The molecule has 9 heteroatoms. The molecule has 0 aliphatic carbocycles. The van der Waals surface area contributed by atoms with E-state index in [9.17, 15) is 18.4 Å². The number of hydrogen-bond donors (Lipinski definition) is 1. The lowest BCUT2D eigenvalue weighted by molar-refractivity contribution is -0.131. The predicted molar refractivity (Wildman–Crippen MR) is 130 cm³/mol. The molecule has 1 saturated heterocycles. The van der Waals surface area contributed by atoms with Crippen LogP contribution in [0.15, 0.2) is 65.4 Å². The molecule has 1 N–H and O–H groups in total. The number of fused-ring (bicyclic) bond motifs is 2. The largest absolute Gasteiger partial charge is 0.464 e. The number of benzene rings is 2. The molecule has 5 rings (SSSR count). The van der Waals surface area contributed by atoms with Crippen LogP contribution in [0.2, 0.25) is 0 Å². The molecule has 1 atom stereocenters. The van der Waals surface area contributed by atoms with Gasteiger partial charge in [-0.05, 0) is 41.5 Å². The molecule has 180 valence electrons. The second-order valence-electron chi connectivity index (χ2n) is 8.60. The number of pyridine rings is 1. The quantitative estimate of drug-likeness (QED) is 0.415. The zero-order chi connectivity index (χ0) is 25.3. The SMILES string of the molecule is N#C[C@@H]1CC(F)(F)CN1C(=O)CNC(=O)c1ccnc2ccc(/C=C/c3ccc4ccoc4c3)cc12.